The van der Waals surface area contributed by atoms with Crippen molar-refractivity contribution in [3.05, 3.63) is 65.4 Å². The average Bonchev–Trinajstić information content (AvgIpc) is 3.26. The number of aromatic nitrogens is 1. The van der Waals surface area contributed by atoms with Gasteiger partial charge in [-0.3, -0.25) is 9.59 Å². The summed E-state index contributed by atoms with van der Waals surface area (Å²) in [7, 11) is 3.53. The van der Waals surface area contributed by atoms with E-state index in [2.05, 4.69) is 5.32 Å². The van der Waals surface area contributed by atoms with Crippen LogP contribution in [-0.2, 0) is 16.6 Å². The first-order valence-corrected chi connectivity index (χ1v) is 10.9. The number of carbonyl (C=O) groups is 2. The maximum absolute atomic E-state index is 13.5. The van der Waals surface area contributed by atoms with Crippen LogP contribution in [0.3, 0.4) is 0 Å². The highest BCUT2D eigenvalue weighted by Gasteiger charge is 2.42. The van der Waals surface area contributed by atoms with Crippen LogP contribution in [0.4, 0.5) is 0 Å². The lowest BCUT2D eigenvalue weighted by Gasteiger charge is -2.26. The molecule has 1 aliphatic heterocycles. The Kier molecular flexibility index (Phi) is 6.46. The second-order valence-electron chi connectivity index (χ2n) is 7.85. The van der Waals surface area contributed by atoms with Crippen molar-refractivity contribution >= 4 is 22.7 Å². The molecule has 0 bridgehead atoms. The van der Waals surface area contributed by atoms with Crippen molar-refractivity contribution < 1.29 is 19.1 Å². The third-order valence-electron chi connectivity index (χ3n) is 5.93. The van der Waals surface area contributed by atoms with Crippen molar-refractivity contribution in [1.82, 2.24) is 14.8 Å². The highest BCUT2D eigenvalue weighted by Crippen LogP contribution is 2.43. The molecule has 1 aromatic heterocycles. The molecular weight excluding hydrogens is 406 g/mol. The van der Waals surface area contributed by atoms with Crippen molar-refractivity contribution in [3.63, 3.8) is 0 Å². The van der Waals surface area contributed by atoms with Gasteiger partial charge in [-0.15, -0.1) is 0 Å². The molecule has 7 nitrogen and oxygen atoms in total. The molecule has 1 N–H and O–H groups in total. The maximum Gasteiger partial charge on any atom is 0.272 e. The molecule has 0 radical (unpaired) electrons. The largest absolute Gasteiger partial charge is 0.497 e. The summed E-state index contributed by atoms with van der Waals surface area (Å²) in [4.78, 5) is 27.9. The lowest BCUT2D eigenvalue weighted by atomic mass is 9.98. The van der Waals surface area contributed by atoms with E-state index in [1.165, 1.54) is 0 Å². The van der Waals surface area contributed by atoms with Gasteiger partial charge in [-0.25, -0.2) is 0 Å². The Hall–Kier alpha value is -3.32. The van der Waals surface area contributed by atoms with Gasteiger partial charge in [0.2, 0.25) is 5.91 Å². The summed E-state index contributed by atoms with van der Waals surface area (Å²) < 4.78 is 12.6. The predicted molar refractivity (Wildman–Crippen MR) is 123 cm³/mol. The normalized spacial score (nSPS) is 15.3. The van der Waals surface area contributed by atoms with E-state index in [1.54, 1.807) is 12.0 Å². The number of hydrogen-bond acceptors (Lipinski definition) is 4. The first-order chi connectivity index (χ1) is 15.6. The molecule has 168 valence electrons. The monoisotopic (exact) mass is 435 g/mol. The van der Waals surface area contributed by atoms with Crippen molar-refractivity contribution in [2.24, 2.45) is 7.05 Å². The van der Waals surface area contributed by atoms with Crippen LogP contribution >= 0.6 is 0 Å². The molecule has 0 fully saturated rings. The van der Waals surface area contributed by atoms with Gasteiger partial charge in [0.1, 0.15) is 18.0 Å². The van der Waals surface area contributed by atoms with Gasteiger partial charge in [-0.1, -0.05) is 30.3 Å². The van der Waals surface area contributed by atoms with Gasteiger partial charge in [-0.2, -0.15) is 0 Å². The lowest BCUT2D eigenvalue weighted by molar-refractivity contribution is -0.122. The fourth-order valence-corrected chi connectivity index (χ4v) is 4.42. The number of fused-ring (bicyclic) bond motifs is 3. The minimum atomic E-state index is -0.344. The Balaban J connectivity index is 1.66. The molecule has 7 heteroatoms. The Morgan fingerprint density at radius 3 is 2.59 bits per heavy atom. The van der Waals surface area contributed by atoms with E-state index in [4.69, 9.17) is 9.47 Å². The van der Waals surface area contributed by atoms with E-state index in [1.807, 2.05) is 67.1 Å². The molecule has 0 saturated heterocycles. The molecule has 4 rings (SSSR count). The number of benzene rings is 2. The number of nitrogens with zero attached hydrogens (tertiary/aromatic N) is 2. The van der Waals surface area contributed by atoms with Crippen LogP contribution in [0.25, 0.3) is 10.9 Å². The van der Waals surface area contributed by atoms with Crippen LogP contribution in [0.2, 0.25) is 0 Å². The predicted octanol–water partition coefficient (Wildman–Crippen LogP) is 3.27. The third-order valence-corrected chi connectivity index (χ3v) is 5.93. The molecular formula is C25H29N3O4. The number of carbonyl (C=O) groups excluding carboxylic acids is 2. The van der Waals surface area contributed by atoms with E-state index in [0.717, 1.165) is 34.2 Å². The van der Waals surface area contributed by atoms with Crippen LogP contribution < -0.4 is 10.1 Å². The molecule has 2 aromatic carbocycles. The zero-order valence-corrected chi connectivity index (χ0v) is 18.8. The quantitative estimate of drug-likeness (QED) is 0.524. The van der Waals surface area contributed by atoms with Crippen LogP contribution in [-0.4, -0.2) is 54.7 Å². The summed E-state index contributed by atoms with van der Waals surface area (Å²) in [6.45, 7) is 3.71. The van der Waals surface area contributed by atoms with Crippen molar-refractivity contribution in [1.29, 1.82) is 0 Å². The van der Waals surface area contributed by atoms with Crippen LogP contribution in [0.1, 0.15) is 41.0 Å². The van der Waals surface area contributed by atoms with Gasteiger partial charge in [0, 0.05) is 43.3 Å². The van der Waals surface area contributed by atoms with Gasteiger partial charge in [0.05, 0.1) is 13.2 Å². The summed E-state index contributed by atoms with van der Waals surface area (Å²) >= 11 is 0. The van der Waals surface area contributed by atoms with E-state index >= 15 is 0 Å². The molecule has 32 heavy (non-hydrogen) atoms. The van der Waals surface area contributed by atoms with Gasteiger partial charge in [0.15, 0.2) is 0 Å². The number of methoxy groups -OCH3 is 1. The number of rotatable bonds is 9. The first kappa shape index (κ1) is 21.9. The maximum atomic E-state index is 13.5. The number of para-hydroxylation sites is 1. The molecule has 1 aliphatic rings. The summed E-state index contributed by atoms with van der Waals surface area (Å²) in [6.07, 6.45) is 0.736. The SMILES string of the molecule is CCOCCCNC(=O)CN1C(=O)c2c(c3ccccc3n2C)[C@@H]1c1ccc(OC)cc1. The molecule has 1 atom stereocenters. The van der Waals surface area contributed by atoms with Gasteiger partial charge in [0.25, 0.3) is 5.91 Å². The second kappa shape index (κ2) is 9.44. The van der Waals surface area contributed by atoms with E-state index in [-0.39, 0.29) is 24.4 Å². The number of ether oxygens (including phenoxy) is 2. The number of hydrogen-bond donors (Lipinski definition) is 1. The second-order valence-corrected chi connectivity index (χ2v) is 7.85. The summed E-state index contributed by atoms with van der Waals surface area (Å²) in [5.41, 5.74) is 3.53. The highest BCUT2D eigenvalue weighted by atomic mass is 16.5. The summed E-state index contributed by atoms with van der Waals surface area (Å²) in [5, 5.41) is 3.94. The Morgan fingerprint density at radius 2 is 1.88 bits per heavy atom. The molecule has 2 heterocycles. The summed E-state index contributed by atoms with van der Waals surface area (Å²) in [5.74, 6) is 0.435. The van der Waals surface area contributed by atoms with Gasteiger partial charge < -0.3 is 24.3 Å². The molecule has 0 unspecified atom stereocenters. The number of amides is 2. The fraction of sp³-hybridized carbons (Fsp3) is 0.360. The van der Waals surface area contributed by atoms with Crippen molar-refractivity contribution in [3.8, 4) is 5.75 Å². The van der Waals surface area contributed by atoms with Gasteiger partial charge in [-0.05, 0) is 37.1 Å². The number of aryl methyl sites for hydroxylation is 1. The topological polar surface area (TPSA) is 72.8 Å². The first-order valence-electron chi connectivity index (χ1n) is 10.9. The average molecular weight is 436 g/mol. The molecule has 3 aromatic rings. The van der Waals surface area contributed by atoms with Crippen molar-refractivity contribution in [2.75, 3.05) is 33.4 Å². The number of nitrogens with one attached hydrogen (secondary N) is 1. The molecule has 0 saturated carbocycles. The summed E-state index contributed by atoms with van der Waals surface area (Å²) in [6, 6.07) is 15.3. The Morgan fingerprint density at radius 1 is 1.12 bits per heavy atom. The minimum Gasteiger partial charge on any atom is -0.497 e. The van der Waals surface area contributed by atoms with Crippen molar-refractivity contribution in [2.45, 2.75) is 19.4 Å². The smallest absolute Gasteiger partial charge is 0.272 e. The van der Waals surface area contributed by atoms with E-state index in [0.29, 0.717) is 25.5 Å². The van der Waals surface area contributed by atoms with Crippen LogP contribution in [0.15, 0.2) is 48.5 Å². The lowest BCUT2D eigenvalue weighted by Crippen LogP contribution is -2.40. The van der Waals surface area contributed by atoms with E-state index < -0.39 is 0 Å². The third kappa shape index (κ3) is 3.96. The van der Waals surface area contributed by atoms with Gasteiger partial charge >= 0.3 is 0 Å². The minimum absolute atomic E-state index is 0.00677. The Labute approximate surface area is 187 Å². The molecule has 0 spiro atoms. The molecule has 0 aliphatic carbocycles. The van der Waals surface area contributed by atoms with E-state index in [9.17, 15) is 9.59 Å². The zero-order valence-electron chi connectivity index (χ0n) is 18.8. The van der Waals surface area contributed by atoms with Crippen LogP contribution in [0, 0.1) is 0 Å². The zero-order chi connectivity index (χ0) is 22.7. The standard InChI is InChI=1S/C25H29N3O4/c1-4-32-15-7-14-26-21(29)16-28-23(17-10-12-18(31-3)13-11-17)22-19-8-5-6-9-20(19)27(2)24(22)25(28)30/h5-6,8-13,23H,4,7,14-16H2,1-3H3,(H,26,29)/t23-/m0/s1. The highest BCUT2D eigenvalue weighted by molar-refractivity contribution is 6.07. The molecule has 2 amide bonds. The Bertz CT molecular complexity index is 1120. The van der Waals surface area contributed by atoms with Crippen LogP contribution in [0.5, 0.6) is 5.75 Å². The fourth-order valence-electron chi connectivity index (χ4n) is 4.42.